The lowest BCUT2D eigenvalue weighted by molar-refractivity contribution is 0.613. The normalized spacial score (nSPS) is 19.8. The summed E-state index contributed by atoms with van der Waals surface area (Å²) in [5.74, 6) is 0.600. The van der Waals surface area contributed by atoms with Gasteiger partial charge in [0.05, 0.1) is 22.6 Å². The fraction of sp³-hybridized carbons (Fsp3) is 0.0741. The van der Waals surface area contributed by atoms with Gasteiger partial charge in [0.15, 0.2) is 0 Å². The molecule has 0 bridgehead atoms. The van der Waals surface area contributed by atoms with Gasteiger partial charge in [0, 0.05) is 44.6 Å². The highest BCUT2D eigenvalue weighted by Crippen LogP contribution is 2.50. The molecule has 2 heterocycles. The molecule has 0 spiro atoms. The van der Waals surface area contributed by atoms with Crippen LogP contribution in [0.4, 0.5) is 0 Å². The van der Waals surface area contributed by atoms with Gasteiger partial charge in [0.25, 0.3) is 0 Å². The number of aromatic nitrogens is 2. The molecule has 2 heteroatoms. The van der Waals surface area contributed by atoms with Crippen LogP contribution in [-0.2, 0) is 0 Å². The first-order valence-electron chi connectivity index (χ1n) is 19.9. The van der Waals surface area contributed by atoms with Crippen molar-refractivity contribution in [2.24, 2.45) is 11.8 Å². The van der Waals surface area contributed by atoms with Crippen LogP contribution in [0.15, 0.2) is 223 Å². The monoisotopic (exact) mass is 714 g/mol. The average Bonchev–Trinajstić information content (AvgIpc) is 3.78. The minimum Gasteiger partial charge on any atom is -0.333 e. The van der Waals surface area contributed by atoms with Crippen molar-refractivity contribution in [2.75, 3.05) is 0 Å². The number of para-hydroxylation sites is 2. The topological polar surface area (TPSA) is 9.86 Å². The largest absolute Gasteiger partial charge is 0.333 e. The Morgan fingerprint density at radius 2 is 0.982 bits per heavy atom. The summed E-state index contributed by atoms with van der Waals surface area (Å²) in [7, 11) is 0. The molecule has 0 amide bonds. The predicted molar refractivity (Wildman–Crippen MR) is 235 cm³/mol. The van der Waals surface area contributed by atoms with E-state index >= 15 is 0 Å². The van der Waals surface area contributed by atoms with Crippen LogP contribution in [0, 0.1) is 11.8 Å². The highest BCUT2D eigenvalue weighted by molar-refractivity contribution is 6.18. The first kappa shape index (κ1) is 31.5. The van der Waals surface area contributed by atoms with E-state index in [1.165, 1.54) is 88.2 Å². The maximum absolute atomic E-state index is 2.64. The van der Waals surface area contributed by atoms with Crippen LogP contribution >= 0.6 is 0 Å². The van der Waals surface area contributed by atoms with E-state index in [2.05, 4.69) is 209 Å². The minimum atomic E-state index is 0.197. The molecule has 4 aliphatic rings. The second-order valence-electron chi connectivity index (χ2n) is 15.6. The molecule has 0 saturated heterocycles. The van der Waals surface area contributed by atoms with Gasteiger partial charge < -0.3 is 9.13 Å². The Kier molecular flexibility index (Phi) is 6.91. The van der Waals surface area contributed by atoms with E-state index in [0.29, 0.717) is 5.92 Å². The lowest BCUT2D eigenvalue weighted by atomic mass is 9.66. The Morgan fingerprint density at radius 3 is 1.66 bits per heavy atom. The molecule has 12 rings (SSSR count). The summed E-state index contributed by atoms with van der Waals surface area (Å²) in [6.07, 6.45) is 24.4. The zero-order chi connectivity index (χ0) is 36.7. The summed E-state index contributed by atoms with van der Waals surface area (Å²) in [5, 5.41) is 5.13. The van der Waals surface area contributed by atoms with Crippen molar-refractivity contribution < 1.29 is 0 Å². The summed E-state index contributed by atoms with van der Waals surface area (Å²) >= 11 is 0. The highest BCUT2D eigenvalue weighted by Gasteiger charge is 2.36. The van der Waals surface area contributed by atoms with Crippen molar-refractivity contribution in [2.45, 2.75) is 12.5 Å². The second kappa shape index (κ2) is 12.3. The minimum absolute atomic E-state index is 0.197. The number of hydrogen-bond donors (Lipinski definition) is 0. The first-order valence-corrected chi connectivity index (χ1v) is 19.9. The fourth-order valence-corrected chi connectivity index (χ4v) is 10.1. The Hall–Kier alpha value is -6.90. The van der Waals surface area contributed by atoms with Crippen LogP contribution in [0.25, 0.3) is 71.6 Å². The maximum atomic E-state index is 2.64. The third-order valence-electron chi connectivity index (χ3n) is 12.6. The van der Waals surface area contributed by atoms with Crippen LogP contribution in [0.5, 0.6) is 0 Å². The molecule has 3 unspecified atom stereocenters. The number of hydrogen-bond acceptors (Lipinski definition) is 0. The summed E-state index contributed by atoms with van der Waals surface area (Å²) in [4.78, 5) is 0. The molecule has 6 aromatic carbocycles. The summed E-state index contributed by atoms with van der Waals surface area (Å²) in [6, 6.07) is 51.7. The number of benzene rings is 6. The molecule has 2 nitrogen and oxygen atoms in total. The molecule has 8 aromatic rings. The Labute approximate surface area is 326 Å². The predicted octanol–water partition coefficient (Wildman–Crippen LogP) is 13.8. The summed E-state index contributed by atoms with van der Waals surface area (Å²) < 4.78 is 5.13. The zero-order valence-electron chi connectivity index (χ0n) is 30.9. The van der Waals surface area contributed by atoms with Crippen molar-refractivity contribution in [3.8, 4) is 27.9 Å². The van der Waals surface area contributed by atoms with Gasteiger partial charge in [0.1, 0.15) is 0 Å². The van der Waals surface area contributed by atoms with Gasteiger partial charge in [-0.2, -0.15) is 0 Å². The van der Waals surface area contributed by atoms with E-state index in [1.807, 2.05) is 0 Å². The summed E-state index contributed by atoms with van der Waals surface area (Å²) in [6.45, 7) is 0. The standard InChI is InChI=1S/C54H38N2/c1-3-15-35(16-4-1)37-29-38(36-17-5-2-6-18-36)31-40(30-37)56-52-26-14-12-24-47(52)50-33-53-49(34-54(50)56)46-23-11-13-25-51(46)55(53)39-27-28-45-43-21-8-7-19-41(43)42-20-9-10-22-44(42)48(45)32-39/h1-26,28-34,39,43-44H,27H2. The molecule has 0 aliphatic heterocycles. The van der Waals surface area contributed by atoms with Gasteiger partial charge in [-0.15, -0.1) is 0 Å². The molecule has 264 valence electrons. The van der Waals surface area contributed by atoms with Gasteiger partial charge in [-0.25, -0.2) is 0 Å². The van der Waals surface area contributed by atoms with Crippen LogP contribution in [0.3, 0.4) is 0 Å². The third-order valence-corrected chi connectivity index (χ3v) is 12.6. The first-order chi connectivity index (χ1) is 27.8. The van der Waals surface area contributed by atoms with E-state index in [-0.39, 0.29) is 12.0 Å². The summed E-state index contributed by atoms with van der Waals surface area (Å²) in [5.41, 5.74) is 16.8. The van der Waals surface area contributed by atoms with E-state index in [1.54, 1.807) is 0 Å². The molecule has 2 aromatic heterocycles. The van der Waals surface area contributed by atoms with Crippen LogP contribution < -0.4 is 0 Å². The number of fused-ring (bicyclic) bond motifs is 11. The SMILES string of the molecule is C1=CC2=C3C=CC=CC3C3=CC(n4c5ccccc5c5cc6c(cc54)c4ccccc4n6-c4cc(-c5ccccc5)cc(-c5ccccc5)c4)CC=C3C2C=C1. The van der Waals surface area contributed by atoms with Crippen LogP contribution in [-0.4, -0.2) is 9.13 Å². The van der Waals surface area contributed by atoms with Gasteiger partial charge >= 0.3 is 0 Å². The van der Waals surface area contributed by atoms with E-state index < -0.39 is 0 Å². The highest BCUT2D eigenvalue weighted by atomic mass is 15.0. The van der Waals surface area contributed by atoms with Gasteiger partial charge in [-0.1, -0.05) is 158 Å². The molecule has 0 radical (unpaired) electrons. The van der Waals surface area contributed by atoms with Gasteiger partial charge in [0.2, 0.25) is 0 Å². The van der Waals surface area contributed by atoms with Crippen molar-refractivity contribution in [3.05, 3.63) is 223 Å². The quantitative estimate of drug-likeness (QED) is 0.172. The molecule has 3 atom stereocenters. The molecular formula is C54H38N2. The average molecular weight is 715 g/mol. The molecule has 0 N–H and O–H groups in total. The Bertz CT molecular complexity index is 3090. The zero-order valence-corrected chi connectivity index (χ0v) is 30.9. The smallest absolute Gasteiger partial charge is 0.0563 e. The molecule has 0 fully saturated rings. The van der Waals surface area contributed by atoms with Gasteiger partial charge in [-0.05, 0) is 93.4 Å². The molecule has 4 aliphatic carbocycles. The Balaban J connectivity index is 1.09. The van der Waals surface area contributed by atoms with E-state index in [4.69, 9.17) is 0 Å². The molecule has 56 heavy (non-hydrogen) atoms. The maximum Gasteiger partial charge on any atom is 0.0563 e. The molecule has 0 saturated carbocycles. The Morgan fingerprint density at radius 1 is 0.429 bits per heavy atom. The van der Waals surface area contributed by atoms with Crippen LogP contribution in [0.2, 0.25) is 0 Å². The van der Waals surface area contributed by atoms with Crippen molar-refractivity contribution in [1.82, 2.24) is 9.13 Å². The lowest BCUT2D eigenvalue weighted by Crippen LogP contribution is -2.26. The molecular weight excluding hydrogens is 677 g/mol. The van der Waals surface area contributed by atoms with E-state index in [0.717, 1.165) is 12.1 Å². The number of allylic oxidation sites excluding steroid dienone is 14. The second-order valence-corrected chi connectivity index (χ2v) is 15.6. The third kappa shape index (κ3) is 4.69. The van der Waals surface area contributed by atoms with Crippen molar-refractivity contribution in [3.63, 3.8) is 0 Å². The number of nitrogens with zero attached hydrogens (tertiary/aromatic N) is 2. The van der Waals surface area contributed by atoms with Crippen LogP contribution in [0.1, 0.15) is 12.5 Å². The van der Waals surface area contributed by atoms with Crippen molar-refractivity contribution >= 4 is 43.6 Å². The van der Waals surface area contributed by atoms with Gasteiger partial charge in [-0.3, -0.25) is 0 Å². The van der Waals surface area contributed by atoms with Crippen molar-refractivity contribution in [1.29, 1.82) is 0 Å². The lowest BCUT2D eigenvalue weighted by Gasteiger charge is -2.39. The number of rotatable bonds is 4. The fourth-order valence-electron chi connectivity index (χ4n) is 10.1. The van der Waals surface area contributed by atoms with E-state index in [9.17, 15) is 0 Å².